The summed E-state index contributed by atoms with van der Waals surface area (Å²) < 4.78 is 28.9. The minimum absolute atomic E-state index is 0.0680. The van der Waals surface area contributed by atoms with Gasteiger partial charge in [-0.15, -0.1) is 0 Å². The lowest BCUT2D eigenvalue weighted by atomic mass is 9.81. The molecule has 0 radical (unpaired) electrons. The van der Waals surface area contributed by atoms with Crippen molar-refractivity contribution in [3.8, 4) is 0 Å². The first-order valence-corrected chi connectivity index (χ1v) is 15.3. The number of carbonyl (C=O) groups excluding carboxylic acids is 3. The fourth-order valence-electron chi connectivity index (χ4n) is 4.91. The standard InChI is InChI=1S/C33H45N2O7.C2H4O2/c1-26(36)41-24-22-39-19-17-35(16-18-38-20-21-40-23-25-42-27(2)37)29-13-10-28(11-14-29)12-15-32-33(3,4)30-8-6-7-9-31(30)34(32)5;1-2(3)4/h6-15H,16-25H2,1-5H3;1H3,(H,3,4)/q+1;/p-1. The molecule has 0 saturated heterocycles. The molecule has 0 N–H and O–H groups in total. The lowest BCUT2D eigenvalue weighted by molar-refractivity contribution is -0.401. The summed E-state index contributed by atoms with van der Waals surface area (Å²) in [6.45, 7) is 12.7. The largest absolute Gasteiger partial charge is 0.550 e. The second-order valence-corrected chi connectivity index (χ2v) is 11.0. The number of benzene rings is 2. The van der Waals surface area contributed by atoms with Crippen molar-refractivity contribution >= 4 is 41.1 Å². The Kier molecular flexibility index (Phi) is 16.7. The highest BCUT2D eigenvalue weighted by molar-refractivity contribution is 6.05. The van der Waals surface area contributed by atoms with Crippen LogP contribution >= 0.6 is 0 Å². The van der Waals surface area contributed by atoms with Gasteiger partial charge < -0.3 is 38.5 Å². The van der Waals surface area contributed by atoms with Crippen LogP contribution in [0, 0.1) is 0 Å². The highest BCUT2D eigenvalue weighted by atomic mass is 16.6. The zero-order valence-electron chi connectivity index (χ0n) is 27.9. The number of carboxylic acids is 1. The van der Waals surface area contributed by atoms with Crippen LogP contribution in [0.5, 0.6) is 0 Å². The quantitative estimate of drug-likeness (QED) is 0.136. The van der Waals surface area contributed by atoms with Gasteiger partial charge in [0.1, 0.15) is 20.3 Å². The molecule has 1 aliphatic heterocycles. The van der Waals surface area contributed by atoms with Crippen LogP contribution < -0.4 is 10.0 Å². The van der Waals surface area contributed by atoms with Crippen LogP contribution in [0.2, 0.25) is 0 Å². The van der Waals surface area contributed by atoms with Gasteiger partial charge in [0.2, 0.25) is 5.69 Å². The number of anilines is 1. The number of fused-ring (bicyclic) bond motifs is 1. The number of carboxylic acid groups (broad SMARTS) is 1. The van der Waals surface area contributed by atoms with Crippen molar-refractivity contribution in [2.75, 3.05) is 77.9 Å². The molecule has 2 aromatic carbocycles. The highest BCUT2D eigenvalue weighted by Gasteiger charge is 2.42. The lowest BCUT2D eigenvalue weighted by Gasteiger charge is -2.25. The normalized spacial score (nSPS) is 13.2. The van der Waals surface area contributed by atoms with Crippen LogP contribution in [0.1, 0.15) is 45.7 Å². The first kappa shape index (κ1) is 38.1. The number of hydrogen-bond acceptors (Lipinski definition) is 10. The van der Waals surface area contributed by atoms with Crippen molar-refractivity contribution in [2.24, 2.45) is 0 Å². The molecule has 11 heteroatoms. The van der Waals surface area contributed by atoms with Crippen molar-refractivity contribution < 1.29 is 47.7 Å². The summed E-state index contributed by atoms with van der Waals surface area (Å²) in [5.74, 6) is -1.71. The van der Waals surface area contributed by atoms with Gasteiger partial charge in [-0.3, -0.25) is 9.59 Å². The molecule has 1 aliphatic rings. The monoisotopic (exact) mass is 640 g/mol. The molecule has 2 aromatic rings. The van der Waals surface area contributed by atoms with Crippen LogP contribution in [-0.2, 0) is 43.5 Å². The topological polar surface area (TPSA) is 127 Å². The van der Waals surface area contributed by atoms with E-state index in [2.05, 4.69) is 91.1 Å². The van der Waals surface area contributed by atoms with E-state index in [0.717, 1.165) is 18.2 Å². The highest BCUT2D eigenvalue weighted by Crippen LogP contribution is 2.39. The minimum atomic E-state index is -1.08. The van der Waals surface area contributed by atoms with Gasteiger partial charge in [-0.25, -0.2) is 0 Å². The van der Waals surface area contributed by atoms with E-state index < -0.39 is 5.97 Å². The number of aliphatic carboxylic acids is 1. The second kappa shape index (κ2) is 20.1. The third-order valence-electron chi connectivity index (χ3n) is 7.08. The van der Waals surface area contributed by atoms with Gasteiger partial charge in [-0.05, 0) is 44.5 Å². The van der Waals surface area contributed by atoms with Crippen LogP contribution in [0.4, 0.5) is 11.4 Å². The molecule has 0 saturated carbocycles. The van der Waals surface area contributed by atoms with Gasteiger partial charge in [0.25, 0.3) is 0 Å². The van der Waals surface area contributed by atoms with E-state index in [1.807, 2.05) is 0 Å². The molecule has 1 heterocycles. The van der Waals surface area contributed by atoms with E-state index in [1.54, 1.807) is 0 Å². The van der Waals surface area contributed by atoms with E-state index in [4.69, 9.17) is 33.6 Å². The fourth-order valence-corrected chi connectivity index (χ4v) is 4.91. The molecular formula is C35H48N2O9. The molecular weight excluding hydrogens is 592 g/mol. The Morgan fingerprint density at radius 3 is 1.72 bits per heavy atom. The number of nitrogens with zero attached hydrogens (tertiary/aromatic N) is 2. The predicted octanol–water partition coefficient (Wildman–Crippen LogP) is 3.14. The third kappa shape index (κ3) is 13.5. The average Bonchev–Trinajstić information content (AvgIpc) is 3.19. The number of rotatable bonds is 18. The van der Waals surface area contributed by atoms with Gasteiger partial charge in [0.05, 0.1) is 45.1 Å². The molecule has 252 valence electrons. The van der Waals surface area contributed by atoms with Crippen molar-refractivity contribution in [3.05, 3.63) is 65.7 Å². The molecule has 0 amide bonds. The first-order chi connectivity index (χ1) is 21.9. The molecule has 0 aliphatic carbocycles. The van der Waals surface area contributed by atoms with Crippen LogP contribution in [-0.4, -0.2) is 101 Å². The van der Waals surface area contributed by atoms with Gasteiger partial charge in [-0.1, -0.05) is 30.3 Å². The molecule has 46 heavy (non-hydrogen) atoms. The molecule has 0 bridgehead atoms. The smallest absolute Gasteiger partial charge is 0.302 e. The van der Waals surface area contributed by atoms with E-state index in [1.165, 1.54) is 30.8 Å². The summed E-state index contributed by atoms with van der Waals surface area (Å²) in [4.78, 5) is 32.8. The van der Waals surface area contributed by atoms with Crippen molar-refractivity contribution in [3.63, 3.8) is 0 Å². The Morgan fingerprint density at radius 2 is 1.22 bits per heavy atom. The number of esters is 2. The van der Waals surface area contributed by atoms with E-state index >= 15 is 0 Å². The van der Waals surface area contributed by atoms with Crippen molar-refractivity contribution in [2.45, 2.75) is 40.0 Å². The molecule has 0 aromatic heterocycles. The fraction of sp³-hybridized carbons (Fsp3) is 0.486. The van der Waals surface area contributed by atoms with Crippen LogP contribution in [0.25, 0.3) is 6.08 Å². The molecule has 0 spiro atoms. The van der Waals surface area contributed by atoms with E-state index in [0.29, 0.717) is 52.7 Å². The number of carbonyl (C=O) groups is 3. The van der Waals surface area contributed by atoms with Crippen molar-refractivity contribution in [1.29, 1.82) is 0 Å². The average molecular weight is 641 g/mol. The third-order valence-corrected chi connectivity index (χ3v) is 7.08. The number of hydrogen-bond donors (Lipinski definition) is 0. The number of allylic oxidation sites excluding steroid dienone is 1. The maximum absolute atomic E-state index is 11.0. The van der Waals surface area contributed by atoms with Gasteiger partial charge in [-0.2, -0.15) is 4.58 Å². The number of ether oxygens (including phenoxy) is 5. The maximum Gasteiger partial charge on any atom is 0.302 e. The number of para-hydroxylation sites is 1. The second-order valence-electron chi connectivity index (χ2n) is 11.0. The molecule has 0 unspecified atom stereocenters. The lowest BCUT2D eigenvalue weighted by Crippen LogP contribution is -2.31. The van der Waals surface area contributed by atoms with Crippen LogP contribution in [0.15, 0.2) is 54.6 Å². The van der Waals surface area contributed by atoms with Crippen LogP contribution in [0.3, 0.4) is 0 Å². The molecule has 3 rings (SSSR count). The summed E-state index contributed by atoms with van der Waals surface area (Å²) in [6, 6.07) is 17.0. The zero-order chi connectivity index (χ0) is 34.0. The summed E-state index contributed by atoms with van der Waals surface area (Å²) in [5, 5.41) is 8.89. The van der Waals surface area contributed by atoms with E-state index in [9.17, 15) is 9.59 Å². The summed E-state index contributed by atoms with van der Waals surface area (Å²) in [5.41, 5.74) is 5.96. The Labute approximate surface area is 272 Å². The predicted molar refractivity (Wildman–Crippen MR) is 174 cm³/mol. The summed E-state index contributed by atoms with van der Waals surface area (Å²) in [7, 11) is 2.12. The Hall–Kier alpha value is -4.06. The molecule has 0 atom stereocenters. The zero-order valence-corrected chi connectivity index (χ0v) is 27.9. The molecule has 11 nitrogen and oxygen atoms in total. The first-order valence-electron chi connectivity index (χ1n) is 15.3. The van der Waals surface area contributed by atoms with E-state index in [-0.39, 0.29) is 30.6 Å². The van der Waals surface area contributed by atoms with Gasteiger partial charge in [0.15, 0.2) is 5.71 Å². The van der Waals surface area contributed by atoms with Gasteiger partial charge in [0, 0.05) is 56.3 Å². The maximum atomic E-state index is 11.0. The Balaban J connectivity index is 0.00000173. The Morgan fingerprint density at radius 1 is 0.739 bits per heavy atom. The minimum Gasteiger partial charge on any atom is -0.550 e. The SMILES string of the molecule is CC(=O)OCCOCCOCCN(CCOCCOC(C)=O)c1ccc(/C=C/C2=[N+](C)c3ccccc3C2(C)C)cc1.CC(=O)[O-]. The molecule has 0 fully saturated rings. The van der Waals surface area contributed by atoms with Crippen molar-refractivity contribution in [1.82, 2.24) is 0 Å². The Bertz CT molecular complexity index is 1320. The van der Waals surface area contributed by atoms with Gasteiger partial charge >= 0.3 is 11.9 Å². The summed E-state index contributed by atoms with van der Waals surface area (Å²) in [6.07, 6.45) is 4.38. The summed E-state index contributed by atoms with van der Waals surface area (Å²) >= 11 is 0.